The predicted molar refractivity (Wildman–Crippen MR) is 117 cm³/mol. The number of hydrogen-bond acceptors (Lipinski definition) is 6. The SMILES string of the molecule is C#C.C#C.O=CO.c1cc2c(Nc3cc(C4CC4)[nH]n3)nc(N3CCCC3)nn2c1. The molecule has 9 heteroatoms. The van der Waals surface area contributed by atoms with E-state index in [1.807, 2.05) is 22.8 Å². The van der Waals surface area contributed by atoms with Gasteiger partial charge >= 0.3 is 0 Å². The lowest BCUT2D eigenvalue weighted by Crippen LogP contribution is -2.22. The monoisotopic (exact) mass is 407 g/mol. The number of aromatic nitrogens is 5. The van der Waals surface area contributed by atoms with E-state index in [0.29, 0.717) is 5.92 Å². The molecule has 5 rings (SSSR count). The Bertz CT molecular complexity index is 973. The third kappa shape index (κ3) is 5.30. The fraction of sp³-hybridized carbons (Fsp3) is 0.333. The molecule has 0 atom stereocenters. The summed E-state index contributed by atoms with van der Waals surface area (Å²) in [6.45, 7) is 1.81. The summed E-state index contributed by atoms with van der Waals surface area (Å²) >= 11 is 0. The van der Waals surface area contributed by atoms with Crippen molar-refractivity contribution in [3.05, 3.63) is 30.1 Å². The van der Waals surface area contributed by atoms with E-state index in [0.717, 1.165) is 36.2 Å². The molecule has 1 saturated carbocycles. The summed E-state index contributed by atoms with van der Waals surface area (Å²) < 4.78 is 1.89. The number of H-pyrrole nitrogens is 1. The fourth-order valence-electron chi connectivity index (χ4n) is 3.19. The van der Waals surface area contributed by atoms with Gasteiger partial charge in [0, 0.05) is 37.0 Å². The Hall–Kier alpha value is -3.98. The molecule has 156 valence electrons. The maximum atomic E-state index is 8.36. The molecule has 4 heterocycles. The van der Waals surface area contributed by atoms with Crippen LogP contribution in [0, 0.1) is 25.7 Å². The molecule has 0 unspecified atom stereocenters. The van der Waals surface area contributed by atoms with Gasteiger partial charge in [0.25, 0.3) is 6.47 Å². The highest BCUT2D eigenvalue weighted by molar-refractivity contribution is 5.73. The highest BCUT2D eigenvalue weighted by Crippen LogP contribution is 2.39. The van der Waals surface area contributed by atoms with Crippen LogP contribution in [0.3, 0.4) is 0 Å². The number of fused-ring (bicyclic) bond motifs is 1. The minimum Gasteiger partial charge on any atom is -0.483 e. The summed E-state index contributed by atoms with van der Waals surface area (Å²) in [7, 11) is 0. The predicted octanol–water partition coefficient (Wildman–Crippen LogP) is 2.87. The van der Waals surface area contributed by atoms with Crippen LogP contribution >= 0.6 is 0 Å². The quantitative estimate of drug-likeness (QED) is 0.450. The largest absolute Gasteiger partial charge is 0.483 e. The first-order chi connectivity index (χ1) is 14.8. The molecule has 2 fully saturated rings. The zero-order valence-electron chi connectivity index (χ0n) is 16.6. The van der Waals surface area contributed by atoms with Gasteiger partial charge in [-0.15, -0.1) is 30.8 Å². The summed E-state index contributed by atoms with van der Waals surface area (Å²) in [5, 5.41) is 22.4. The summed E-state index contributed by atoms with van der Waals surface area (Å²) in [5.41, 5.74) is 2.18. The highest BCUT2D eigenvalue weighted by atomic mass is 16.3. The second-order valence-electron chi connectivity index (χ2n) is 6.51. The Balaban J connectivity index is 0.000000414. The van der Waals surface area contributed by atoms with Gasteiger partial charge in [0.05, 0.1) is 0 Å². The number of anilines is 3. The number of carboxylic acid groups (broad SMARTS) is 1. The van der Waals surface area contributed by atoms with E-state index in [9.17, 15) is 0 Å². The van der Waals surface area contributed by atoms with Gasteiger partial charge in [-0.3, -0.25) is 9.89 Å². The van der Waals surface area contributed by atoms with Crippen LogP contribution in [0.1, 0.15) is 37.3 Å². The fourth-order valence-corrected chi connectivity index (χ4v) is 3.19. The van der Waals surface area contributed by atoms with Gasteiger partial charge in [0.2, 0.25) is 5.95 Å². The van der Waals surface area contributed by atoms with E-state index in [2.05, 4.69) is 57.3 Å². The zero-order chi connectivity index (χ0) is 21.9. The van der Waals surface area contributed by atoms with Gasteiger partial charge in [0.15, 0.2) is 11.6 Å². The standard InChI is InChI=1S/C16H19N7.2C2H2.CH2O2/c1-2-8-22(7-1)16-18-15(13-4-3-9-23(13)21-16)17-14-10-12(19-20-14)11-5-6-11;2*1-2;2-1-3/h3-4,9-11H,1-2,5-8H2,(H2,17,18,19,20,21);2*1-2H;1H,(H,2,3). The average Bonchev–Trinajstić information content (AvgIpc) is 3.20. The van der Waals surface area contributed by atoms with E-state index >= 15 is 0 Å². The minimum atomic E-state index is -0.250. The number of aromatic amines is 1. The molecule has 3 aromatic heterocycles. The van der Waals surface area contributed by atoms with Crippen LogP contribution in [0.5, 0.6) is 0 Å². The van der Waals surface area contributed by atoms with Crippen molar-refractivity contribution >= 4 is 29.6 Å². The first kappa shape index (κ1) is 22.3. The minimum absolute atomic E-state index is 0.250. The lowest BCUT2D eigenvalue weighted by Gasteiger charge is -2.16. The molecule has 1 aliphatic carbocycles. The number of nitrogens with one attached hydrogen (secondary N) is 2. The molecular formula is C21H25N7O2. The molecule has 9 nitrogen and oxygen atoms in total. The molecule has 0 aromatic carbocycles. The van der Waals surface area contributed by atoms with Crippen LogP contribution in [-0.4, -0.2) is 49.5 Å². The number of hydrogen-bond donors (Lipinski definition) is 3. The molecule has 0 amide bonds. The van der Waals surface area contributed by atoms with Crippen molar-refractivity contribution in [3.8, 4) is 25.7 Å². The Morgan fingerprint density at radius 2 is 1.87 bits per heavy atom. The summed E-state index contributed by atoms with van der Waals surface area (Å²) in [6, 6.07) is 6.10. The van der Waals surface area contributed by atoms with Crippen molar-refractivity contribution in [3.63, 3.8) is 0 Å². The first-order valence-electron chi connectivity index (χ1n) is 9.45. The normalized spacial score (nSPS) is 14.3. The van der Waals surface area contributed by atoms with Gasteiger partial charge in [-0.1, -0.05) is 0 Å². The lowest BCUT2D eigenvalue weighted by atomic mass is 10.3. The smallest absolute Gasteiger partial charge is 0.290 e. The number of carbonyl (C=O) groups is 1. The second-order valence-corrected chi connectivity index (χ2v) is 6.51. The molecule has 2 aliphatic rings. The van der Waals surface area contributed by atoms with Crippen LogP contribution < -0.4 is 10.2 Å². The summed E-state index contributed by atoms with van der Waals surface area (Å²) in [4.78, 5) is 15.4. The highest BCUT2D eigenvalue weighted by Gasteiger charge is 2.25. The van der Waals surface area contributed by atoms with Crippen LogP contribution in [0.2, 0.25) is 0 Å². The second kappa shape index (κ2) is 11.1. The molecule has 0 spiro atoms. The van der Waals surface area contributed by atoms with Crippen molar-refractivity contribution in [1.29, 1.82) is 0 Å². The maximum absolute atomic E-state index is 8.36. The number of rotatable bonds is 4. The van der Waals surface area contributed by atoms with Gasteiger partial charge in [-0.2, -0.15) is 10.1 Å². The van der Waals surface area contributed by atoms with Crippen molar-refractivity contribution in [2.75, 3.05) is 23.3 Å². The van der Waals surface area contributed by atoms with Crippen molar-refractivity contribution in [2.24, 2.45) is 0 Å². The summed E-state index contributed by atoms with van der Waals surface area (Å²) in [5.74, 6) is 3.07. The number of nitrogens with zero attached hydrogens (tertiary/aromatic N) is 5. The van der Waals surface area contributed by atoms with E-state index in [1.54, 1.807) is 0 Å². The first-order valence-corrected chi connectivity index (χ1v) is 9.45. The third-order valence-electron chi connectivity index (χ3n) is 4.63. The Morgan fingerprint density at radius 1 is 1.20 bits per heavy atom. The molecule has 1 aliphatic heterocycles. The topological polar surface area (TPSA) is 111 Å². The molecule has 1 saturated heterocycles. The van der Waals surface area contributed by atoms with Crippen molar-refractivity contribution in [2.45, 2.75) is 31.6 Å². The molecular weight excluding hydrogens is 382 g/mol. The molecule has 3 aromatic rings. The van der Waals surface area contributed by atoms with Gasteiger partial charge in [-0.05, 0) is 37.8 Å². The van der Waals surface area contributed by atoms with E-state index in [4.69, 9.17) is 14.9 Å². The third-order valence-corrected chi connectivity index (χ3v) is 4.63. The zero-order valence-corrected chi connectivity index (χ0v) is 16.6. The van der Waals surface area contributed by atoms with E-state index in [1.165, 1.54) is 31.4 Å². The molecule has 0 radical (unpaired) electrons. The van der Waals surface area contributed by atoms with Gasteiger partial charge in [0.1, 0.15) is 5.52 Å². The van der Waals surface area contributed by atoms with E-state index < -0.39 is 0 Å². The Morgan fingerprint density at radius 3 is 2.50 bits per heavy atom. The van der Waals surface area contributed by atoms with Crippen molar-refractivity contribution < 1.29 is 9.90 Å². The summed E-state index contributed by atoms with van der Waals surface area (Å²) in [6.07, 6.45) is 22.9. The number of terminal acetylenes is 2. The van der Waals surface area contributed by atoms with Gasteiger partial charge < -0.3 is 15.3 Å². The van der Waals surface area contributed by atoms with Crippen LogP contribution in [-0.2, 0) is 4.79 Å². The molecule has 0 bridgehead atoms. The molecule has 3 N–H and O–H groups in total. The van der Waals surface area contributed by atoms with Crippen LogP contribution in [0.15, 0.2) is 24.4 Å². The molecule has 30 heavy (non-hydrogen) atoms. The Labute approximate surface area is 175 Å². The Kier molecular flexibility index (Phi) is 8.27. The van der Waals surface area contributed by atoms with Crippen LogP contribution in [0.4, 0.5) is 17.6 Å². The lowest BCUT2D eigenvalue weighted by molar-refractivity contribution is -0.122. The van der Waals surface area contributed by atoms with Crippen molar-refractivity contribution in [1.82, 2.24) is 24.8 Å². The average molecular weight is 407 g/mol. The van der Waals surface area contributed by atoms with E-state index in [-0.39, 0.29) is 6.47 Å². The van der Waals surface area contributed by atoms with Gasteiger partial charge in [-0.25, -0.2) is 4.52 Å². The maximum Gasteiger partial charge on any atom is 0.290 e. The van der Waals surface area contributed by atoms with Crippen LogP contribution in [0.25, 0.3) is 5.52 Å².